The molecule has 0 heterocycles. The molecule has 0 radical (unpaired) electrons. The van der Waals surface area contributed by atoms with Gasteiger partial charge in [-0.15, -0.1) is 0 Å². The molecule has 0 amide bonds. The van der Waals surface area contributed by atoms with Gasteiger partial charge in [-0.1, -0.05) is 29.3 Å². The largest absolute Gasteiger partial charge is 0.292 e. The summed E-state index contributed by atoms with van der Waals surface area (Å²) in [5, 5.41) is 1.02. The van der Waals surface area contributed by atoms with E-state index in [1.54, 1.807) is 12.1 Å². The maximum absolute atomic E-state index is 13.1. The molecule has 0 spiro atoms. The normalized spacial score (nSPS) is 23.6. The van der Waals surface area contributed by atoms with Crippen LogP contribution in [0.2, 0.25) is 10.0 Å². The molecule has 1 fully saturated rings. The summed E-state index contributed by atoms with van der Waals surface area (Å²) in [6.45, 7) is 1.22. The Morgan fingerprint density at radius 1 is 1.41 bits per heavy atom. The lowest BCUT2D eigenvalue weighted by Gasteiger charge is -2.01. The van der Waals surface area contributed by atoms with Crippen molar-refractivity contribution in [1.82, 2.24) is 0 Å². The molecule has 4 heteroatoms. The summed E-state index contributed by atoms with van der Waals surface area (Å²) in [5.74, 6) is -0.839. The van der Waals surface area contributed by atoms with Gasteiger partial charge in [0.05, 0.1) is 10.0 Å². The molecule has 0 aromatic heterocycles. The van der Waals surface area contributed by atoms with Gasteiger partial charge in [0.1, 0.15) is 0 Å². The van der Waals surface area contributed by atoms with Crippen LogP contribution in [0.1, 0.15) is 24.8 Å². The molecule has 0 N–H and O–H groups in total. The Labute approximate surface area is 109 Å². The molecule has 0 unspecified atom stereocenters. The molecule has 1 aliphatic carbocycles. The molecule has 0 aliphatic heterocycles. The van der Waals surface area contributed by atoms with Crippen molar-refractivity contribution < 1.29 is 9.18 Å². The minimum absolute atomic E-state index is 0.0937. The van der Waals surface area contributed by atoms with Crippen molar-refractivity contribution in [2.24, 2.45) is 5.92 Å². The van der Waals surface area contributed by atoms with Gasteiger partial charge in [-0.2, -0.15) is 0 Å². The van der Waals surface area contributed by atoms with E-state index in [2.05, 4.69) is 0 Å². The van der Waals surface area contributed by atoms with Gasteiger partial charge < -0.3 is 0 Å². The minimum atomic E-state index is -0.655. The first-order chi connectivity index (χ1) is 7.99. The number of halogens is 3. The highest BCUT2D eigenvalue weighted by atomic mass is 35.5. The number of carbonyl (C=O) groups is 1. The molecule has 2 atom stereocenters. The molecule has 90 valence electrons. The first-order valence-corrected chi connectivity index (χ1v) is 6.08. The SMILES string of the molecule is CC(=O)/C(F)=C/[C@@H]1C[C@H]1c1ccc(Cl)c(Cl)c1. The second kappa shape index (κ2) is 4.79. The maximum atomic E-state index is 13.1. The van der Waals surface area contributed by atoms with Crippen LogP contribution in [0.4, 0.5) is 4.39 Å². The van der Waals surface area contributed by atoms with Crippen molar-refractivity contribution in [2.75, 3.05) is 0 Å². The van der Waals surface area contributed by atoms with Gasteiger partial charge in [0.2, 0.25) is 0 Å². The Kier molecular flexibility index (Phi) is 3.55. The number of carbonyl (C=O) groups excluding carboxylic acids is 1. The highest BCUT2D eigenvalue weighted by Crippen LogP contribution is 2.49. The Morgan fingerprint density at radius 2 is 2.12 bits per heavy atom. The summed E-state index contributed by atoms with van der Waals surface area (Å²) in [5.41, 5.74) is 1.04. The molecular formula is C13H11Cl2FO. The predicted molar refractivity (Wildman–Crippen MR) is 67.2 cm³/mol. The van der Waals surface area contributed by atoms with Crippen molar-refractivity contribution in [1.29, 1.82) is 0 Å². The summed E-state index contributed by atoms with van der Waals surface area (Å²) < 4.78 is 13.1. The number of hydrogen-bond donors (Lipinski definition) is 0. The number of ketones is 1. The van der Waals surface area contributed by atoms with E-state index in [1.165, 1.54) is 13.0 Å². The van der Waals surface area contributed by atoms with E-state index < -0.39 is 11.6 Å². The zero-order valence-corrected chi connectivity index (χ0v) is 10.7. The van der Waals surface area contributed by atoms with Crippen molar-refractivity contribution >= 4 is 29.0 Å². The average molecular weight is 273 g/mol. The van der Waals surface area contributed by atoms with Crippen molar-refractivity contribution in [3.8, 4) is 0 Å². The third-order valence-electron chi connectivity index (χ3n) is 2.91. The van der Waals surface area contributed by atoms with E-state index in [4.69, 9.17) is 23.2 Å². The molecule has 0 saturated heterocycles. The van der Waals surface area contributed by atoms with E-state index in [0.29, 0.717) is 10.0 Å². The van der Waals surface area contributed by atoms with Gasteiger partial charge in [0, 0.05) is 6.92 Å². The molecule has 17 heavy (non-hydrogen) atoms. The quantitative estimate of drug-likeness (QED) is 0.739. The van der Waals surface area contributed by atoms with Gasteiger partial charge in [0.15, 0.2) is 11.6 Å². The highest BCUT2D eigenvalue weighted by molar-refractivity contribution is 6.42. The second-order valence-corrected chi connectivity index (χ2v) is 5.06. The predicted octanol–water partition coefficient (Wildman–Crippen LogP) is 4.54. The summed E-state index contributed by atoms with van der Waals surface area (Å²) in [6, 6.07) is 5.42. The van der Waals surface area contributed by atoms with Crippen molar-refractivity contribution in [3.63, 3.8) is 0 Å². The van der Waals surface area contributed by atoms with Crippen LogP contribution >= 0.6 is 23.2 Å². The Bertz CT molecular complexity index is 496. The molecule has 2 rings (SSSR count). The zero-order chi connectivity index (χ0) is 12.6. The van der Waals surface area contributed by atoms with Crippen molar-refractivity contribution in [2.45, 2.75) is 19.3 Å². The van der Waals surface area contributed by atoms with Crippen LogP contribution in [0.25, 0.3) is 0 Å². The maximum Gasteiger partial charge on any atom is 0.187 e. The fraction of sp³-hybridized carbons (Fsp3) is 0.308. The van der Waals surface area contributed by atoms with Crippen LogP contribution in [-0.4, -0.2) is 5.78 Å². The highest BCUT2D eigenvalue weighted by Gasteiger charge is 2.37. The fourth-order valence-electron chi connectivity index (χ4n) is 1.83. The van der Waals surface area contributed by atoms with Gasteiger partial charge in [-0.05, 0) is 42.0 Å². The molecular weight excluding hydrogens is 262 g/mol. The summed E-state index contributed by atoms with van der Waals surface area (Å²) >= 11 is 11.7. The number of rotatable bonds is 3. The van der Waals surface area contributed by atoms with Crippen molar-refractivity contribution in [3.05, 3.63) is 45.7 Å². The lowest BCUT2D eigenvalue weighted by molar-refractivity contribution is -0.114. The summed E-state index contributed by atoms with van der Waals surface area (Å²) in [6.07, 6.45) is 2.24. The van der Waals surface area contributed by atoms with E-state index in [-0.39, 0.29) is 11.8 Å². The third-order valence-corrected chi connectivity index (χ3v) is 3.65. The Hall–Kier alpha value is -0.860. The first-order valence-electron chi connectivity index (χ1n) is 5.32. The van der Waals surface area contributed by atoms with Crippen LogP contribution in [0, 0.1) is 5.92 Å². The summed E-state index contributed by atoms with van der Waals surface area (Å²) in [4.78, 5) is 10.8. The molecule has 0 bridgehead atoms. The lowest BCUT2D eigenvalue weighted by atomic mass is 10.1. The van der Waals surface area contributed by atoms with Gasteiger partial charge >= 0.3 is 0 Å². The minimum Gasteiger partial charge on any atom is -0.292 e. The van der Waals surface area contributed by atoms with E-state index in [9.17, 15) is 9.18 Å². The van der Waals surface area contributed by atoms with Crippen LogP contribution < -0.4 is 0 Å². The molecule has 1 aliphatic rings. The molecule has 1 aromatic rings. The molecule has 1 aromatic carbocycles. The van der Waals surface area contributed by atoms with Crippen LogP contribution in [0.15, 0.2) is 30.1 Å². The molecule has 1 saturated carbocycles. The smallest absolute Gasteiger partial charge is 0.187 e. The summed E-state index contributed by atoms with van der Waals surface area (Å²) in [7, 11) is 0. The standard InChI is InChI=1S/C13H11Cl2FO/c1-7(17)13(16)6-9-4-10(9)8-2-3-11(14)12(15)5-8/h2-3,5-6,9-10H,4H2,1H3/b13-6-/t9-,10-/m0/s1. The van der Waals surface area contributed by atoms with Gasteiger partial charge in [-0.3, -0.25) is 4.79 Å². The fourth-order valence-corrected chi connectivity index (χ4v) is 2.14. The topological polar surface area (TPSA) is 17.1 Å². The van der Waals surface area contributed by atoms with Gasteiger partial charge in [0.25, 0.3) is 0 Å². The lowest BCUT2D eigenvalue weighted by Crippen LogP contribution is -1.91. The van der Waals surface area contributed by atoms with Crippen LogP contribution in [0.3, 0.4) is 0 Å². The molecule has 1 nitrogen and oxygen atoms in total. The Morgan fingerprint density at radius 3 is 2.71 bits per heavy atom. The van der Waals surface area contributed by atoms with E-state index in [0.717, 1.165) is 12.0 Å². The third kappa shape index (κ3) is 2.88. The number of Topliss-reactive ketones (excluding diaryl/α,β-unsaturated/α-hetero) is 1. The van der Waals surface area contributed by atoms with Crippen LogP contribution in [-0.2, 0) is 4.79 Å². The van der Waals surface area contributed by atoms with Crippen LogP contribution in [0.5, 0.6) is 0 Å². The Balaban J connectivity index is 2.10. The van der Waals surface area contributed by atoms with Gasteiger partial charge in [-0.25, -0.2) is 4.39 Å². The zero-order valence-electron chi connectivity index (χ0n) is 9.21. The van der Waals surface area contributed by atoms with E-state index >= 15 is 0 Å². The number of benzene rings is 1. The first kappa shape index (κ1) is 12.6. The number of hydrogen-bond acceptors (Lipinski definition) is 1. The number of allylic oxidation sites excluding steroid dienone is 2. The van der Waals surface area contributed by atoms with E-state index in [1.807, 2.05) is 6.07 Å². The average Bonchev–Trinajstić information content (AvgIpc) is 3.01. The monoisotopic (exact) mass is 272 g/mol. The second-order valence-electron chi connectivity index (χ2n) is 4.25.